The Morgan fingerprint density at radius 3 is 2.75 bits per heavy atom. The topological polar surface area (TPSA) is 75.3 Å². The second-order valence-electron chi connectivity index (χ2n) is 2.06. The second-order valence-corrected chi connectivity index (χ2v) is 2.06. The maximum Gasteiger partial charge on any atom is 0.182 e. The predicted molar refractivity (Wildman–Crippen MR) is 39.8 cm³/mol. The van der Waals surface area contributed by atoms with Gasteiger partial charge >= 0.3 is 0 Å². The highest BCUT2D eigenvalue weighted by Gasteiger charge is 2.02. The van der Waals surface area contributed by atoms with Gasteiger partial charge in [0.1, 0.15) is 17.9 Å². The first-order valence-electron chi connectivity index (χ1n) is 3.23. The summed E-state index contributed by atoms with van der Waals surface area (Å²) in [5, 5.41) is 8.63. The number of nitrogens with zero attached hydrogens (tertiary/aromatic N) is 5. The summed E-state index contributed by atoms with van der Waals surface area (Å²) in [7, 11) is 0. The van der Waals surface area contributed by atoms with E-state index in [0.717, 1.165) is 0 Å². The number of fused-ring (bicyclic) bond motifs is 1. The van der Waals surface area contributed by atoms with Crippen LogP contribution in [0.25, 0.3) is 11.2 Å². The van der Waals surface area contributed by atoms with Gasteiger partial charge in [-0.1, -0.05) is 0 Å². The molecule has 0 spiro atoms. The minimum atomic E-state index is 0.258. The molecule has 56 valence electrons. The molecule has 0 fully saturated rings. The molecule has 2 heterocycles. The van der Waals surface area contributed by atoms with E-state index in [2.05, 4.69) is 19.9 Å². The minimum absolute atomic E-state index is 0.258. The zero-order valence-electron chi connectivity index (χ0n) is 5.97. The largest absolute Gasteiger partial charge is 0.248 e. The van der Waals surface area contributed by atoms with Crippen LogP contribution in [0, 0.1) is 11.3 Å². The summed E-state index contributed by atoms with van der Waals surface area (Å²) in [4.78, 5) is 15.5. The summed E-state index contributed by atoms with van der Waals surface area (Å²) >= 11 is 0. The first-order valence-corrected chi connectivity index (χ1v) is 3.23. The maximum atomic E-state index is 8.63. The smallest absolute Gasteiger partial charge is 0.182 e. The normalized spacial score (nSPS) is 9.58. The van der Waals surface area contributed by atoms with Gasteiger partial charge in [-0.15, -0.1) is 0 Å². The fourth-order valence-corrected chi connectivity index (χ4v) is 0.876. The van der Waals surface area contributed by atoms with Crippen molar-refractivity contribution in [2.75, 3.05) is 0 Å². The summed E-state index contributed by atoms with van der Waals surface area (Å²) in [6.07, 6.45) is 4.33. The molecule has 5 heteroatoms. The van der Waals surface area contributed by atoms with Crippen LogP contribution in [0.1, 0.15) is 5.69 Å². The maximum absolute atomic E-state index is 8.63. The van der Waals surface area contributed by atoms with E-state index in [-0.39, 0.29) is 5.69 Å². The molecular weight excluding hydrogens is 154 g/mol. The molecule has 0 aliphatic rings. The van der Waals surface area contributed by atoms with Crippen molar-refractivity contribution >= 4 is 11.2 Å². The lowest BCUT2D eigenvalue weighted by atomic mass is 10.4. The van der Waals surface area contributed by atoms with E-state index >= 15 is 0 Å². The van der Waals surface area contributed by atoms with Crippen LogP contribution in [0.4, 0.5) is 0 Å². The first kappa shape index (κ1) is 6.61. The highest BCUT2D eigenvalue weighted by Crippen LogP contribution is 2.05. The van der Waals surface area contributed by atoms with Crippen molar-refractivity contribution in [3.8, 4) is 6.07 Å². The number of nitriles is 1. The average Bonchev–Trinajstić information content (AvgIpc) is 2.17. The number of aromatic nitrogens is 4. The van der Waals surface area contributed by atoms with Gasteiger partial charge in [-0.05, 0) is 0 Å². The van der Waals surface area contributed by atoms with Crippen molar-refractivity contribution in [2.45, 2.75) is 0 Å². The average molecular weight is 157 g/mol. The molecule has 0 amide bonds. The van der Waals surface area contributed by atoms with Crippen LogP contribution >= 0.6 is 0 Å². The second kappa shape index (κ2) is 2.51. The third kappa shape index (κ3) is 0.864. The minimum Gasteiger partial charge on any atom is -0.248 e. The van der Waals surface area contributed by atoms with Gasteiger partial charge in [0, 0.05) is 12.4 Å². The van der Waals surface area contributed by atoms with E-state index in [1.807, 2.05) is 6.07 Å². The zero-order chi connectivity index (χ0) is 8.39. The number of hydrogen-bond acceptors (Lipinski definition) is 5. The van der Waals surface area contributed by atoms with Crippen LogP contribution in [0.2, 0.25) is 0 Å². The Labute approximate surface area is 67.7 Å². The molecular formula is C7H3N5. The van der Waals surface area contributed by atoms with Crippen molar-refractivity contribution in [1.82, 2.24) is 19.9 Å². The lowest BCUT2D eigenvalue weighted by Gasteiger charge is -1.93. The van der Waals surface area contributed by atoms with Gasteiger partial charge in [-0.2, -0.15) is 5.26 Å². The Morgan fingerprint density at radius 2 is 1.92 bits per heavy atom. The number of hydrogen-bond donors (Lipinski definition) is 0. The third-order valence-corrected chi connectivity index (χ3v) is 1.38. The lowest BCUT2D eigenvalue weighted by Crippen LogP contribution is -1.92. The van der Waals surface area contributed by atoms with Crippen LogP contribution in [-0.2, 0) is 0 Å². The van der Waals surface area contributed by atoms with E-state index in [1.54, 1.807) is 0 Å². The summed E-state index contributed by atoms with van der Waals surface area (Å²) in [6, 6.07) is 1.92. The Balaban J connectivity index is 2.91. The van der Waals surface area contributed by atoms with Crippen LogP contribution in [0.3, 0.4) is 0 Å². The van der Waals surface area contributed by atoms with E-state index < -0.39 is 0 Å². The van der Waals surface area contributed by atoms with E-state index in [0.29, 0.717) is 11.2 Å². The van der Waals surface area contributed by atoms with Crippen molar-refractivity contribution in [2.24, 2.45) is 0 Å². The molecule has 5 nitrogen and oxygen atoms in total. The molecule has 0 saturated heterocycles. The highest BCUT2D eigenvalue weighted by molar-refractivity contribution is 5.73. The fourth-order valence-electron chi connectivity index (χ4n) is 0.876. The highest BCUT2D eigenvalue weighted by atomic mass is 14.9. The molecule has 0 unspecified atom stereocenters. The third-order valence-electron chi connectivity index (χ3n) is 1.38. The molecule has 2 aromatic heterocycles. The van der Waals surface area contributed by atoms with Crippen LogP contribution < -0.4 is 0 Å². The zero-order valence-corrected chi connectivity index (χ0v) is 5.97. The van der Waals surface area contributed by atoms with Gasteiger partial charge < -0.3 is 0 Å². The van der Waals surface area contributed by atoms with Crippen LogP contribution in [-0.4, -0.2) is 19.9 Å². The molecule has 0 atom stereocenters. The van der Waals surface area contributed by atoms with E-state index in [1.165, 1.54) is 18.7 Å². The lowest BCUT2D eigenvalue weighted by molar-refractivity contribution is 1.13. The SMILES string of the molecule is N#Cc1ncnc2nccnc12. The molecule has 0 radical (unpaired) electrons. The quantitative estimate of drug-likeness (QED) is 0.549. The van der Waals surface area contributed by atoms with Gasteiger partial charge in [-0.25, -0.2) is 19.9 Å². The van der Waals surface area contributed by atoms with Crippen molar-refractivity contribution in [3.05, 3.63) is 24.4 Å². The Morgan fingerprint density at radius 1 is 1.08 bits per heavy atom. The van der Waals surface area contributed by atoms with E-state index in [4.69, 9.17) is 5.26 Å². The van der Waals surface area contributed by atoms with Crippen LogP contribution in [0.5, 0.6) is 0 Å². The molecule has 0 N–H and O–H groups in total. The molecule has 0 bridgehead atoms. The Hall–Kier alpha value is -2.09. The summed E-state index contributed by atoms with van der Waals surface area (Å²) in [6.45, 7) is 0. The Kier molecular flexibility index (Phi) is 1.38. The summed E-state index contributed by atoms with van der Waals surface area (Å²) in [5.41, 5.74) is 1.15. The van der Waals surface area contributed by atoms with Gasteiger partial charge in [-0.3, -0.25) is 0 Å². The van der Waals surface area contributed by atoms with Gasteiger partial charge in [0.25, 0.3) is 0 Å². The Bertz CT molecular complexity index is 453. The van der Waals surface area contributed by atoms with Crippen molar-refractivity contribution < 1.29 is 0 Å². The summed E-state index contributed by atoms with van der Waals surface area (Å²) < 4.78 is 0. The monoisotopic (exact) mass is 157 g/mol. The molecule has 2 rings (SSSR count). The molecule has 0 aliphatic heterocycles. The molecule has 2 aromatic rings. The summed E-state index contributed by atoms with van der Waals surface area (Å²) in [5.74, 6) is 0. The molecule has 0 aromatic carbocycles. The van der Waals surface area contributed by atoms with E-state index in [9.17, 15) is 0 Å². The number of rotatable bonds is 0. The fraction of sp³-hybridized carbons (Fsp3) is 0. The van der Waals surface area contributed by atoms with Gasteiger partial charge in [0.05, 0.1) is 0 Å². The molecule has 12 heavy (non-hydrogen) atoms. The molecule has 0 saturated carbocycles. The standard InChI is InChI=1S/C7H3N5/c8-3-5-6-7(12-4-11-5)10-2-1-9-6/h1-2,4H. The predicted octanol–water partition coefficient (Wildman–Crippen LogP) is 0.291. The first-order chi connectivity index (χ1) is 5.92. The van der Waals surface area contributed by atoms with Gasteiger partial charge in [0.15, 0.2) is 11.3 Å². The molecule has 0 aliphatic carbocycles. The van der Waals surface area contributed by atoms with Crippen molar-refractivity contribution in [1.29, 1.82) is 5.26 Å². The van der Waals surface area contributed by atoms with Crippen LogP contribution in [0.15, 0.2) is 18.7 Å². The van der Waals surface area contributed by atoms with Crippen molar-refractivity contribution in [3.63, 3.8) is 0 Å². The van der Waals surface area contributed by atoms with Gasteiger partial charge in [0.2, 0.25) is 0 Å².